The van der Waals surface area contributed by atoms with Crippen molar-refractivity contribution in [2.24, 2.45) is 0 Å². The fraction of sp³-hybridized carbons (Fsp3) is 0.111. The maximum atomic E-state index is 5.66. The Morgan fingerprint density at radius 3 is 2.70 bits per heavy atom. The van der Waals surface area contributed by atoms with Crippen LogP contribution in [0, 0.1) is 0 Å². The molecule has 0 aromatic heterocycles. The molecule has 0 saturated heterocycles. The molecule has 0 unspecified atom stereocenters. The molecular weight excluding hydrogens is 122 g/mol. The summed E-state index contributed by atoms with van der Waals surface area (Å²) >= 11 is 0. The summed E-state index contributed by atoms with van der Waals surface area (Å²) in [6, 6.07) is 7.83. The van der Waals surface area contributed by atoms with Gasteiger partial charge < -0.3 is 5.73 Å². The predicted molar refractivity (Wildman–Crippen MR) is 44.8 cm³/mol. The molecule has 0 spiro atoms. The Balaban J connectivity index is 2.91. The fourth-order valence-electron chi connectivity index (χ4n) is 0.876. The summed E-state index contributed by atoms with van der Waals surface area (Å²) in [5.74, 6) is 0. The molecule has 0 atom stereocenters. The molecule has 1 rings (SSSR count). The van der Waals surface area contributed by atoms with Gasteiger partial charge in [-0.15, -0.1) is 6.58 Å². The zero-order valence-corrected chi connectivity index (χ0v) is 5.88. The Kier molecular flexibility index (Phi) is 2.11. The van der Waals surface area contributed by atoms with E-state index in [0.717, 1.165) is 17.7 Å². The third-order valence-corrected chi connectivity index (χ3v) is 1.42. The maximum Gasteiger partial charge on any atom is 0.0349 e. The number of nitrogen functional groups attached to an aromatic ring is 1. The number of nitrogens with two attached hydrogens (primary N) is 1. The average molecular weight is 133 g/mol. The van der Waals surface area contributed by atoms with E-state index in [0.29, 0.717) is 0 Å². The predicted octanol–water partition coefficient (Wildman–Crippen LogP) is 2.00. The van der Waals surface area contributed by atoms with Gasteiger partial charge in [-0.2, -0.15) is 0 Å². The molecule has 0 heterocycles. The van der Waals surface area contributed by atoms with Gasteiger partial charge in [-0.05, 0) is 18.1 Å². The lowest BCUT2D eigenvalue weighted by Crippen LogP contribution is -1.90. The molecule has 1 aromatic rings. The van der Waals surface area contributed by atoms with E-state index in [2.05, 4.69) is 6.58 Å². The largest absolute Gasteiger partial charge is 0.398 e. The van der Waals surface area contributed by atoms with E-state index >= 15 is 0 Å². The standard InChI is InChI=1S/C9H11N/c1-2-5-8-6-3-4-7-9(8)10/h2-4,6-7H,1,5,10H2. The van der Waals surface area contributed by atoms with Crippen LogP contribution in [0.1, 0.15) is 5.56 Å². The van der Waals surface area contributed by atoms with Crippen LogP contribution >= 0.6 is 0 Å². The molecule has 0 bridgehead atoms. The Morgan fingerprint density at radius 2 is 2.10 bits per heavy atom. The fourth-order valence-corrected chi connectivity index (χ4v) is 0.876. The zero-order valence-electron chi connectivity index (χ0n) is 5.88. The lowest BCUT2D eigenvalue weighted by molar-refractivity contribution is 1.28. The number of benzene rings is 1. The molecular formula is C9H11N. The van der Waals surface area contributed by atoms with Gasteiger partial charge >= 0.3 is 0 Å². The lowest BCUT2D eigenvalue weighted by atomic mass is 10.1. The minimum Gasteiger partial charge on any atom is -0.398 e. The summed E-state index contributed by atoms with van der Waals surface area (Å²) < 4.78 is 0. The average Bonchev–Trinajstić information content (AvgIpc) is 1.94. The summed E-state index contributed by atoms with van der Waals surface area (Å²) in [5.41, 5.74) is 7.66. The van der Waals surface area contributed by atoms with Gasteiger partial charge in [0, 0.05) is 5.69 Å². The third kappa shape index (κ3) is 1.38. The van der Waals surface area contributed by atoms with Crippen molar-refractivity contribution >= 4 is 5.69 Å². The van der Waals surface area contributed by atoms with Crippen molar-refractivity contribution in [3.05, 3.63) is 42.5 Å². The Bertz CT molecular complexity index is 228. The summed E-state index contributed by atoms with van der Waals surface area (Å²) in [6.45, 7) is 3.64. The minimum absolute atomic E-state index is 0.849. The highest BCUT2D eigenvalue weighted by atomic mass is 14.5. The highest BCUT2D eigenvalue weighted by molar-refractivity contribution is 5.46. The molecule has 0 saturated carbocycles. The number of para-hydroxylation sites is 1. The van der Waals surface area contributed by atoms with Crippen LogP contribution in [0.5, 0.6) is 0 Å². The van der Waals surface area contributed by atoms with Gasteiger partial charge in [0.2, 0.25) is 0 Å². The first-order valence-corrected chi connectivity index (χ1v) is 3.29. The normalized spacial score (nSPS) is 9.20. The highest BCUT2D eigenvalue weighted by Gasteiger charge is 1.91. The van der Waals surface area contributed by atoms with Crippen molar-refractivity contribution in [1.82, 2.24) is 0 Å². The van der Waals surface area contributed by atoms with Crippen LogP contribution in [0.4, 0.5) is 5.69 Å². The van der Waals surface area contributed by atoms with E-state index in [-0.39, 0.29) is 0 Å². The van der Waals surface area contributed by atoms with E-state index in [9.17, 15) is 0 Å². The topological polar surface area (TPSA) is 26.0 Å². The van der Waals surface area contributed by atoms with Gasteiger partial charge in [0.1, 0.15) is 0 Å². The molecule has 1 aromatic carbocycles. The van der Waals surface area contributed by atoms with E-state index < -0.39 is 0 Å². The molecule has 0 radical (unpaired) electrons. The summed E-state index contributed by atoms with van der Waals surface area (Å²) in [4.78, 5) is 0. The van der Waals surface area contributed by atoms with Gasteiger partial charge in [0.05, 0.1) is 0 Å². The number of hydrogen-bond donors (Lipinski definition) is 1. The number of anilines is 1. The maximum absolute atomic E-state index is 5.66. The third-order valence-electron chi connectivity index (χ3n) is 1.42. The van der Waals surface area contributed by atoms with Crippen LogP contribution in [0.2, 0.25) is 0 Å². The lowest BCUT2D eigenvalue weighted by Gasteiger charge is -1.99. The number of rotatable bonds is 2. The van der Waals surface area contributed by atoms with Crippen molar-refractivity contribution in [3.63, 3.8) is 0 Å². The molecule has 0 aliphatic carbocycles. The van der Waals surface area contributed by atoms with E-state index in [4.69, 9.17) is 5.73 Å². The summed E-state index contributed by atoms with van der Waals surface area (Å²) in [6.07, 6.45) is 2.71. The first-order chi connectivity index (χ1) is 4.84. The molecule has 0 amide bonds. The van der Waals surface area contributed by atoms with Gasteiger partial charge in [-0.1, -0.05) is 24.3 Å². The van der Waals surface area contributed by atoms with Crippen LogP contribution in [0.15, 0.2) is 36.9 Å². The van der Waals surface area contributed by atoms with Crippen LogP contribution in [0.3, 0.4) is 0 Å². The number of hydrogen-bond acceptors (Lipinski definition) is 1. The molecule has 1 nitrogen and oxygen atoms in total. The molecule has 0 fully saturated rings. The van der Waals surface area contributed by atoms with Crippen molar-refractivity contribution < 1.29 is 0 Å². The van der Waals surface area contributed by atoms with E-state index in [1.54, 1.807) is 0 Å². The minimum atomic E-state index is 0.849. The van der Waals surface area contributed by atoms with Gasteiger partial charge in [0.15, 0.2) is 0 Å². The second-order valence-corrected chi connectivity index (χ2v) is 2.19. The molecule has 0 aliphatic rings. The molecule has 52 valence electrons. The van der Waals surface area contributed by atoms with Gasteiger partial charge in [-0.3, -0.25) is 0 Å². The van der Waals surface area contributed by atoms with Crippen LogP contribution in [-0.2, 0) is 6.42 Å². The second kappa shape index (κ2) is 3.06. The van der Waals surface area contributed by atoms with Crippen molar-refractivity contribution in [1.29, 1.82) is 0 Å². The summed E-state index contributed by atoms with van der Waals surface area (Å²) in [5, 5.41) is 0. The first kappa shape index (κ1) is 6.87. The van der Waals surface area contributed by atoms with Gasteiger partial charge in [0.25, 0.3) is 0 Å². The van der Waals surface area contributed by atoms with E-state index in [1.165, 1.54) is 0 Å². The van der Waals surface area contributed by atoms with Crippen LogP contribution in [-0.4, -0.2) is 0 Å². The zero-order chi connectivity index (χ0) is 7.40. The smallest absolute Gasteiger partial charge is 0.0349 e. The molecule has 0 aliphatic heterocycles. The monoisotopic (exact) mass is 133 g/mol. The second-order valence-electron chi connectivity index (χ2n) is 2.19. The molecule has 2 N–H and O–H groups in total. The van der Waals surface area contributed by atoms with Crippen molar-refractivity contribution in [2.75, 3.05) is 5.73 Å². The first-order valence-electron chi connectivity index (χ1n) is 3.29. The van der Waals surface area contributed by atoms with Crippen molar-refractivity contribution in [3.8, 4) is 0 Å². The van der Waals surface area contributed by atoms with Crippen LogP contribution in [0.25, 0.3) is 0 Å². The van der Waals surface area contributed by atoms with E-state index in [1.807, 2.05) is 30.3 Å². The Hall–Kier alpha value is -1.24. The SMILES string of the molecule is C=CCc1ccccc1N. The Labute approximate surface area is 61.2 Å². The summed E-state index contributed by atoms with van der Waals surface area (Å²) in [7, 11) is 0. The quantitative estimate of drug-likeness (QED) is 0.484. The highest BCUT2D eigenvalue weighted by Crippen LogP contribution is 2.10. The van der Waals surface area contributed by atoms with Gasteiger partial charge in [-0.25, -0.2) is 0 Å². The molecule has 1 heteroatoms. The Morgan fingerprint density at radius 1 is 1.40 bits per heavy atom. The van der Waals surface area contributed by atoms with Crippen molar-refractivity contribution in [2.45, 2.75) is 6.42 Å². The van der Waals surface area contributed by atoms with Crippen LogP contribution < -0.4 is 5.73 Å². The molecule has 10 heavy (non-hydrogen) atoms. The number of allylic oxidation sites excluding steroid dienone is 1.